The van der Waals surface area contributed by atoms with Gasteiger partial charge >= 0.3 is 0 Å². The van der Waals surface area contributed by atoms with E-state index in [-0.39, 0.29) is 34.9 Å². The number of pyridine rings is 1. The second-order valence-corrected chi connectivity index (χ2v) is 12.7. The molecule has 2 aromatic rings. The number of aromatic nitrogens is 3. The molecule has 1 fully saturated rings. The molecule has 2 aliphatic rings. The van der Waals surface area contributed by atoms with Crippen LogP contribution in [0.2, 0.25) is 0 Å². The number of carbonyl (C=O) groups is 1. The number of alkyl halides is 2. The average Bonchev–Trinajstić information content (AvgIpc) is 3.15. The van der Waals surface area contributed by atoms with Gasteiger partial charge in [-0.1, -0.05) is 0 Å². The standard InChI is InChI=1S/C24H31F3N4O3S/c1-14(2)31-19-11-15(22(32)29-23(3)7-9-35(33,34)10-8-23)5-6-16(19)21(30-31)17-12-20(24(4,26)27)28-13-18(17)25/h12-15H,5-11H2,1-4H3,(H,29,32). The lowest BCUT2D eigenvalue weighted by Crippen LogP contribution is -2.53. The molecule has 1 unspecified atom stereocenters. The summed E-state index contributed by atoms with van der Waals surface area (Å²) in [5, 5.41) is 7.66. The fourth-order valence-electron chi connectivity index (χ4n) is 4.88. The average molecular weight is 513 g/mol. The molecular weight excluding hydrogens is 481 g/mol. The molecule has 1 saturated heterocycles. The highest BCUT2D eigenvalue weighted by Crippen LogP contribution is 2.38. The van der Waals surface area contributed by atoms with Gasteiger partial charge in [-0.25, -0.2) is 12.8 Å². The Labute approximate surface area is 203 Å². The van der Waals surface area contributed by atoms with Crippen molar-refractivity contribution in [3.63, 3.8) is 0 Å². The summed E-state index contributed by atoms with van der Waals surface area (Å²) >= 11 is 0. The number of hydrogen-bond acceptors (Lipinski definition) is 5. The van der Waals surface area contributed by atoms with Crippen molar-refractivity contribution in [3.05, 3.63) is 35.0 Å². The van der Waals surface area contributed by atoms with E-state index in [1.54, 1.807) is 4.68 Å². The Kier molecular flexibility index (Phi) is 6.53. The zero-order valence-corrected chi connectivity index (χ0v) is 21.2. The quantitative estimate of drug-likeness (QED) is 0.655. The third kappa shape index (κ3) is 5.24. The molecule has 3 heterocycles. The number of nitrogens with one attached hydrogen (secondary N) is 1. The molecule has 0 aromatic carbocycles. The summed E-state index contributed by atoms with van der Waals surface area (Å²) in [6.45, 7) is 6.42. The van der Waals surface area contributed by atoms with Gasteiger partial charge in [-0.3, -0.25) is 14.5 Å². The van der Waals surface area contributed by atoms with E-state index in [2.05, 4.69) is 15.4 Å². The fourth-order valence-corrected chi connectivity index (χ4v) is 6.60. The summed E-state index contributed by atoms with van der Waals surface area (Å²) < 4.78 is 67.8. The predicted octanol–water partition coefficient (Wildman–Crippen LogP) is 3.97. The van der Waals surface area contributed by atoms with Crippen molar-refractivity contribution in [2.45, 2.75) is 77.3 Å². The van der Waals surface area contributed by atoms with Crippen molar-refractivity contribution >= 4 is 15.7 Å². The molecule has 0 spiro atoms. The van der Waals surface area contributed by atoms with Gasteiger partial charge in [0.25, 0.3) is 5.92 Å². The van der Waals surface area contributed by atoms with Crippen LogP contribution >= 0.6 is 0 Å². The third-order valence-corrected chi connectivity index (χ3v) is 8.73. The maximum atomic E-state index is 14.7. The van der Waals surface area contributed by atoms with E-state index in [0.29, 0.717) is 44.7 Å². The molecule has 1 aliphatic heterocycles. The molecule has 192 valence electrons. The summed E-state index contributed by atoms with van der Waals surface area (Å²) in [5.74, 6) is -4.33. The number of hydrogen-bond donors (Lipinski definition) is 1. The first kappa shape index (κ1) is 25.7. The lowest BCUT2D eigenvalue weighted by molar-refractivity contribution is -0.127. The molecular formula is C24H31F3N4O3S. The highest BCUT2D eigenvalue weighted by atomic mass is 32.2. The second-order valence-electron chi connectivity index (χ2n) is 10.4. The number of amides is 1. The van der Waals surface area contributed by atoms with Crippen LogP contribution in [-0.4, -0.2) is 46.1 Å². The van der Waals surface area contributed by atoms with Gasteiger partial charge in [0.1, 0.15) is 15.5 Å². The minimum atomic E-state index is -3.22. The molecule has 1 N–H and O–H groups in total. The van der Waals surface area contributed by atoms with E-state index in [1.807, 2.05) is 20.8 Å². The van der Waals surface area contributed by atoms with Crippen LogP contribution in [0.5, 0.6) is 0 Å². The van der Waals surface area contributed by atoms with Crippen LogP contribution in [0.25, 0.3) is 11.3 Å². The molecule has 7 nitrogen and oxygen atoms in total. The van der Waals surface area contributed by atoms with Gasteiger partial charge in [0, 0.05) is 47.7 Å². The first-order chi connectivity index (χ1) is 16.2. The van der Waals surface area contributed by atoms with E-state index in [4.69, 9.17) is 0 Å². The van der Waals surface area contributed by atoms with Gasteiger partial charge in [-0.2, -0.15) is 13.9 Å². The van der Waals surface area contributed by atoms with Gasteiger partial charge in [0.05, 0.1) is 23.4 Å². The maximum Gasteiger partial charge on any atom is 0.286 e. The topological polar surface area (TPSA) is 93.9 Å². The van der Waals surface area contributed by atoms with Crippen LogP contribution < -0.4 is 5.32 Å². The first-order valence-corrected chi connectivity index (χ1v) is 13.7. The normalized spacial score (nSPS) is 21.5. The van der Waals surface area contributed by atoms with E-state index in [9.17, 15) is 26.4 Å². The van der Waals surface area contributed by atoms with Gasteiger partial charge < -0.3 is 5.32 Å². The van der Waals surface area contributed by atoms with E-state index in [1.165, 1.54) is 0 Å². The Hall–Kier alpha value is -2.43. The van der Waals surface area contributed by atoms with Crippen LogP contribution in [0.4, 0.5) is 13.2 Å². The van der Waals surface area contributed by atoms with Crippen LogP contribution in [0.1, 0.15) is 70.0 Å². The van der Waals surface area contributed by atoms with Crippen LogP contribution in [-0.2, 0) is 33.4 Å². The SMILES string of the molecule is CC(C)n1nc(-c2cc(C(C)(F)F)ncc2F)c2c1CC(C(=O)NC1(C)CCS(=O)(=O)CC1)CC2. The van der Waals surface area contributed by atoms with Crippen molar-refractivity contribution in [1.29, 1.82) is 0 Å². The summed E-state index contributed by atoms with van der Waals surface area (Å²) in [6.07, 6.45) is 2.86. The van der Waals surface area contributed by atoms with Crippen molar-refractivity contribution in [2.24, 2.45) is 5.92 Å². The summed E-state index contributed by atoms with van der Waals surface area (Å²) in [6, 6.07) is 0.969. The Bertz CT molecular complexity index is 1240. The van der Waals surface area contributed by atoms with Gasteiger partial charge in [0.2, 0.25) is 5.91 Å². The van der Waals surface area contributed by atoms with Crippen LogP contribution in [0.15, 0.2) is 12.3 Å². The molecule has 0 saturated carbocycles. The van der Waals surface area contributed by atoms with Crippen LogP contribution in [0.3, 0.4) is 0 Å². The number of fused-ring (bicyclic) bond motifs is 1. The van der Waals surface area contributed by atoms with Crippen molar-refractivity contribution < 1.29 is 26.4 Å². The molecule has 2 aromatic heterocycles. The maximum absolute atomic E-state index is 14.7. The van der Waals surface area contributed by atoms with Gasteiger partial charge in [0.15, 0.2) is 5.82 Å². The number of nitrogens with zero attached hydrogens (tertiary/aromatic N) is 3. The van der Waals surface area contributed by atoms with Gasteiger partial charge in [-0.15, -0.1) is 0 Å². The smallest absolute Gasteiger partial charge is 0.286 e. The van der Waals surface area contributed by atoms with Crippen molar-refractivity contribution in [3.8, 4) is 11.3 Å². The number of rotatable bonds is 5. The molecule has 0 radical (unpaired) electrons. The highest BCUT2D eigenvalue weighted by Gasteiger charge is 2.38. The molecule has 4 rings (SSSR count). The molecule has 0 bridgehead atoms. The number of carbonyl (C=O) groups excluding carboxylic acids is 1. The Balaban J connectivity index is 1.62. The third-order valence-electron chi connectivity index (χ3n) is 7.08. The molecule has 11 heteroatoms. The zero-order chi connectivity index (χ0) is 25.8. The summed E-state index contributed by atoms with van der Waals surface area (Å²) in [5.41, 5.74) is 0.728. The number of sulfone groups is 1. The minimum absolute atomic E-state index is 0.0222. The summed E-state index contributed by atoms with van der Waals surface area (Å²) in [7, 11) is -3.05. The molecule has 1 aliphatic carbocycles. The largest absolute Gasteiger partial charge is 0.351 e. The molecule has 1 atom stereocenters. The summed E-state index contributed by atoms with van der Waals surface area (Å²) in [4.78, 5) is 16.7. The van der Waals surface area contributed by atoms with E-state index in [0.717, 1.165) is 23.5 Å². The van der Waals surface area contributed by atoms with E-state index >= 15 is 0 Å². The first-order valence-electron chi connectivity index (χ1n) is 11.9. The zero-order valence-electron chi connectivity index (χ0n) is 20.4. The lowest BCUT2D eigenvalue weighted by Gasteiger charge is -2.36. The number of halogens is 3. The van der Waals surface area contributed by atoms with E-state index < -0.39 is 32.8 Å². The van der Waals surface area contributed by atoms with Crippen molar-refractivity contribution in [2.75, 3.05) is 11.5 Å². The Morgan fingerprint density at radius 2 is 1.94 bits per heavy atom. The minimum Gasteiger partial charge on any atom is -0.351 e. The van der Waals surface area contributed by atoms with Crippen molar-refractivity contribution in [1.82, 2.24) is 20.1 Å². The lowest BCUT2D eigenvalue weighted by atomic mass is 9.84. The highest BCUT2D eigenvalue weighted by molar-refractivity contribution is 7.91. The molecule has 1 amide bonds. The fraction of sp³-hybridized carbons (Fsp3) is 0.625. The van der Waals surface area contributed by atoms with Gasteiger partial charge in [-0.05, 0) is 52.5 Å². The monoisotopic (exact) mass is 512 g/mol. The predicted molar refractivity (Wildman–Crippen MR) is 125 cm³/mol. The Morgan fingerprint density at radius 1 is 1.29 bits per heavy atom. The molecule has 35 heavy (non-hydrogen) atoms. The second kappa shape index (κ2) is 8.90. The van der Waals surface area contributed by atoms with Crippen LogP contribution in [0, 0.1) is 11.7 Å². The Morgan fingerprint density at radius 3 is 2.54 bits per heavy atom.